The Morgan fingerprint density at radius 3 is 2.11 bits per heavy atom. The van der Waals surface area contributed by atoms with E-state index < -0.39 is 16.6 Å². The van der Waals surface area contributed by atoms with Gasteiger partial charge in [-0.2, -0.15) is 0 Å². The lowest BCUT2D eigenvalue weighted by Crippen LogP contribution is -2.49. The summed E-state index contributed by atoms with van der Waals surface area (Å²) in [5.41, 5.74) is 4.03. The van der Waals surface area contributed by atoms with Gasteiger partial charge in [-0.1, -0.05) is 100 Å². The van der Waals surface area contributed by atoms with Crippen molar-refractivity contribution in [2.75, 3.05) is 13.2 Å². The Kier molecular flexibility index (Phi) is 12.2. The zero-order chi connectivity index (χ0) is 35.1. The number of fused-ring (bicyclic) bond motifs is 1. The number of Topliss-reactive ketones (excluding diaryl/α,β-unsaturated/α-hetero) is 1. The van der Waals surface area contributed by atoms with E-state index in [1.807, 2.05) is 20.8 Å². The van der Waals surface area contributed by atoms with Crippen molar-refractivity contribution in [3.63, 3.8) is 0 Å². The maximum Gasteiger partial charge on any atom is 0.192 e. The number of carbonyl (C=O) groups excluding carboxylic acids is 1. The molecule has 264 valence electrons. The van der Waals surface area contributed by atoms with Gasteiger partial charge in [-0.15, -0.1) is 0 Å². The first-order valence-corrected chi connectivity index (χ1v) is 24.2. The van der Waals surface area contributed by atoms with Gasteiger partial charge in [0.1, 0.15) is 6.61 Å². The first kappa shape index (κ1) is 39.6. The molecule has 0 aromatic carbocycles. The Labute approximate surface area is 286 Å². The summed E-state index contributed by atoms with van der Waals surface area (Å²) in [6.45, 7) is 39.8. The summed E-state index contributed by atoms with van der Waals surface area (Å²) in [5, 5.41) is 0.307. The minimum Gasteiger partial charge on any atom is -0.413 e. The molecule has 0 bridgehead atoms. The van der Waals surface area contributed by atoms with Crippen molar-refractivity contribution in [3.05, 3.63) is 35.5 Å². The predicted octanol–water partition coefficient (Wildman–Crippen LogP) is 11.5. The minimum absolute atomic E-state index is 0.00700. The van der Waals surface area contributed by atoms with Gasteiger partial charge in [-0.25, -0.2) is 0 Å². The number of ketones is 1. The van der Waals surface area contributed by atoms with Crippen molar-refractivity contribution >= 4 is 22.4 Å². The van der Waals surface area contributed by atoms with Crippen LogP contribution in [-0.2, 0) is 18.4 Å². The molecule has 0 heterocycles. The molecular formula is C40H72O4Si2. The summed E-state index contributed by atoms with van der Waals surface area (Å²) >= 11 is 0. The molecule has 4 nitrogen and oxygen atoms in total. The second-order valence-electron chi connectivity index (χ2n) is 19.5. The Hall–Kier alpha value is -0.796. The molecule has 0 aromatic rings. The highest BCUT2D eigenvalue weighted by atomic mass is 28.4. The van der Waals surface area contributed by atoms with Crippen LogP contribution < -0.4 is 0 Å². The van der Waals surface area contributed by atoms with Crippen molar-refractivity contribution in [2.24, 2.45) is 28.6 Å². The number of ether oxygens (including phenoxy) is 1. The second kappa shape index (κ2) is 14.2. The van der Waals surface area contributed by atoms with Gasteiger partial charge in [0.05, 0.1) is 18.8 Å². The van der Waals surface area contributed by atoms with E-state index in [1.54, 1.807) is 5.57 Å². The lowest BCUT2D eigenvalue weighted by Gasteiger charge is -2.46. The molecule has 0 aromatic heterocycles. The van der Waals surface area contributed by atoms with Crippen LogP contribution in [0.4, 0.5) is 0 Å². The van der Waals surface area contributed by atoms with Crippen LogP contribution in [0.25, 0.3) is 0 Å². The fourth-order valence-electron chi connectivity index (χ4n) is 7.65. The molecule has 3 saturated carbocycles. The van der Waals surface area contributed by atoms with Crippen molar-refractivity contribution in [3.8, 4) is 0 Å². The van der Waals surface area contributed by atoms with Gasteiger partial charge < -0.3 is 13.6 Å². The summed E-state index contributed by atoms with van der Waals surface area (Å²) in [6.07, 6.45) is 13.0. The maximum absolute atomic E-state index is 12.4. The number of rotatable bonds is 10. The molecule has 0 radical (unpaired) electrons. The van der Waals surface area contributed by atoms with Crippen molar-refractivity contribution in [1.82, 2.24) is 0 Å². The standard InChI is InChI=1S/C40H72O4Si2/c1-28(26-42-27-36(41)37(3,4)5)33-21-22-34-30(18-17-23-40(33,34)12)19-20-31-24-32(43-45(13,14)38(6,7)8)25-35(29(31)2)44-46(15,16)39(9,10)11/h19-20,28,32-35H,2,17-18,21-27H2,1,3-16H3/t28-,32-,33-,34+,35+,40-/m1/s1. The first-order chi connectivity index (χ1) is 20.8. The molecule has 3 aliphatic rings. The Morgan fingerprint density at radius 2 is 1.54 bits per heavy atom. The number of hydrogen-bond acceptors (Lipinski definition) is 4. The number of allylic oxidation sites excluding steroid dienone is 3. The average Bonchev–Trinajstić information content (AvgIpc) is 3.24. The topological polar surface area (TPSA) is 44.8 Å². The number of hydrogen-bond donors (Lipinski definition) is 0. The van der Waals surface area contributed by atoms with Crippen LogP contribution >= 0.6 is 0 Å². The fourth-order valence-corrected chi connectivity index (χ4v) is 10.3. The van der Waals surface area contributed by atoms with Crippen LogP contribution in [-0.4, -0.2) is 47.8 Å². The first-order valence-electron chi connectivity index (χ1n) is 18.4. The lowest BCUT2D eigenvalue weighted by molar-refractivity contribution is -0.131. The Bertz CT molecular complexity index is 1160. The van der Waals surface area contributed by atoms with Gasteiger partial charge in [-0.05, 0) is 109 Å². The van der Waals surface area contributed by atoms with Crippen molar-refractivity contribution in [1.29, 1.82) is 0 Å². The summed E-state index contributed by atoms with van der Waals surface area (Å²) in [6, 6.07) is 0. The van der Waals surface area contributed by atoms with Crippen molar-refractivity contribution < 1.29 is 18.4 Å². The van der Waals surface area contributed by atoms with E-state index in [0.29, 0.717) is 24.4 Å². The normalized spacial score (nSPS) is 31.0. The maximum atomic E-state index is 12.4. The molecule has 0 unspecified atom stereocenters. The molecule has 3 aliphatic carbocycles. The van der Waals surface area contributed by atoms with E-state index in [1.165, 1.54) is 37.7 Å². The molecule has 0 spiro atoms. The lowest BCUT2D eigenvalue weighted by atomic mass is 9.61. The van der Waals surface area contributed by atoms with E-state index in [4.69, 9.17) is 13.6 Å². The largest absolute Gasteiger partial charge is 0.413 e. The van der Waals surface area contributed by atoms with E-state index >= 15 is 0 Å². The van der Waals surface area contributed by atoms with Gasteiger partial charge in [0.25, 0.3) is 0 Å². The molecule has 6 atom stereocenters. The molecular weight excluding hydrogens is 601 g/mol. The van der Waals surface area contributed by atoms with E-state index in [9.17, 15) is 4.79 Å². The highest BCUT2D eigenvalue weighted by molar-refractivity contribution is 6.74. The third kappa shape index (κ3) is 9.05. The number of carbonyl (C=O) groups is 1. The minimum atomic E-state index is -1.99. The molecule has 6 heteroatoms. The highest BCUT2D eigenvalue weighted by Gasteiger charge is 2.51. The van der Waals surface area contributed by atoms with Gasteiger partial charge in [0.2, 0.25) is 0 Å². The van der Waals surface area contributed by atoms with Crippen molar-refractivity contribution in [2.45, 2.75) is 170 Å². The van der Waals surface area contributed by atoms with E-state index in [0.717, 1.165) is 18.4 Å². The highest BCUT2D eigenvalue weighted by Crippen LogP contribution is 2.59. The van der Waals surface area contributed by atoms with Crippen LogP contribution in [0, 0.1) is 28.6 Å². The molecule has 0 amide bonds. The van der Waals surface area contributed by atoms with Gasteiger partial charge in [0, 0.05) is 11.8 Å². The zero-order valence-electron chi connectivity index (χ0n) is 32.7. The van der Waals surface area contributed by atoms with Gasteiger partial charge in [-0.3, -0.25) is 4.79 Å². The quantitative estimate of drug-likeness (QED) is 0.217. The fraction of sp³-hybridized carbons (Fsp3) is 0.825. The summed E-state index contributed by atoms with van der Waals surface area (Å²) < 4.78 is 20.2. The third-order valence-corrected chi connectivity index (χ3v) is 21.9. The third-order valence-electron chi connectivity index (χ3n) is 12.9. The average molecular weight is 673 g/mol. The second-order valence-corrected chi connectivity index (χ2v) is 29.0. The summed E-state index contributed by atoms with van der Waals surface area (Å²) in [4.78, 5) is 12.4. The van der Waals surface area contributed by atoms with Crippen LogP contribution in [0.3, 0.4) is 0 Å². The van der Waals surface area contributed by atoms with Crippen LogP contribution in [0.5, 0.6) is 0 Å². The molecule has 46 heavy (non-hydrogen) atoms. The molecule has 3 rings (SSSR count). The van der Waals surface area contributed by atoms with Gasteiger partial charge in [0.15, 0.2) is 22.4 Å². The molecule has 0 N–H and O–H groups in total. The predicted molar refractivity (Wildman–Crippen MR) is 201 cm³/mol. The molecule has 3 fully saturated rings. The Morgan fingerprint density at radius 1 is 0.957 bits per heavy atom. The monoisotopic (exact) mass is 672 g/mol. The van der Waals surface area contributed by atoms with Crippen LogP contribution in [0.15, 0.2) is 35.5 Å². The van der Waals surface area contributed by atoms with E-state index in [-0.39, 0.29) is 45.5 Å². The van der Waals surface area contributed by atoms with Crippen LogP contribution in [0.2, 0.25) is 36.3 Å². The smallest absolute Gasteiger partial charge is 0.192 e. The SMILES string of the molecule is C=C1C(=CC=C2CCC[C@]3(C)[C@@H]([C@H](C)COCC(=O)C(C)(C)C)CC[C@@H]23)C[C@@H](O[Si](C)(C)C(C)(C)C)C[C@@H]1O[Si](C)(C)C(C)(C)C. The summed E-state index contributed by atoms with van der Waals surface area (Å²) in [7, 11) is -3.93. The molecule has 0 saturated heterocycles. The van der Waals surface area contributed by atoms with Gasteiger partial charge >= 0.3 is 0 Å². The zero-order valence-corrected chi connectivity index (χ0v) is 34.7. The summed E-state index contributed by atoms with van der Waals surface area (Å²) in [5.74, 6) is 1.86. The van der Waals surface area contributed by atoms with E-state index in [2.05, 4.69) is 100 Å². The molecule has 0 aliphatic heterocycles. The Balaban J connectivity index is 1.84. The van der Waals surface area contributed by atoms with Crippen LogP contribution in [0.1, 0.15) is 121 Å².